The number of morpholine rings is 1. The number of aliphatic imine (C=N–C) groups is 1. The lowest BCUT2D eigenvalue weighted by Crippen LogP contribution is -2.45. The fraction of sp³-hybridized carbons (Fsp3) is 0.333. The summed E-state index contributed by atoms with van der Waals surface area (Å²) in [6.45, 7) is 3.26. The van der Waals surface area contributed by atoms with Crippen LogP contribution in [0.25, 0.3) is 0 Å². The Kier molecular flexibility index (Phi) is 7.96. The molecule has 3 aromatic rings. The molecule has 1 aromatic heterocycles. The Hall–Kier alpha value is -3.74. The Labute approximate surface area is 234 Å². The van der Waals surface area contributed by atoms with Gasteiger partial charge < -0.3 is 24.7 Å². The van der Waals surface area contributed by atoms with Gasteiger partial charge in [-0.2, -0.15) is 4.98 Å². The number of carbonyl (C=O) groups is 1. The van der Waals surface area contributed by atoms with Gasteiger partial charge in [0.05, 0.1) is 46.9 Å². The van der Waals surface area contributed by atoms with Crippen molar-refractivity contribution >= 4 is 45.0 Å². The standard InChI is InChI=1S/C27H29BrN6O5/c1-36-21-11-16(12-22(37-2)24(21)38-3)10-17-14-30-27(32-25(17)29)31-23-19-13-18(28)4-5-20(19)34(26(23)35)15-33-6-8-39-9-7-33/h4-5,11-14H,6-10,15H2,1-3H3,(H2,29,30,32)/b31-23-. The van der Waals surface area contributed by atoms with E-state index in [1.807, 2.05) is 30.3 Å². The predicted octanol–water partition coefficient (Wildman–Crippen LogP) is 3.20. The molecule has 5 rings (SSSR count). The average molecular weight is 597 g/mol. The number of fused-ring (bicyclic) bond motifs is 1. The summed E-state index contributed by atoms with van der Waals surface area (Å²) in [5.74, 6) is 1.76. The summed E-state index contributed by atoms with van der Waals surface area (Å²) in [7, 11) is 4.69. The van der Waals surface area contributed by atoms with Crippen LogP contribution in [0.5, 0.6) is 17.2 Å². The summed E-state index contributed by atoms with van der Waals surface area (Å²) >= 11 is 3.51. The molecule has 0 spiro atoms. The first kappa shape index (κ1) is 26.9. The number of halogens is 1. The maximum absolute atomic E-state index is 13.5. The van der Waals surface area contributed by atoms with Gasteiger partial charge in [-0.25, -0.2) is 9.98 Å². The van der Waals surface area contributed by atoms with Crippen molar-refractivity contribution in [3.8, 4) is 17.2 Å². The molecule has 0 aliphatic carbocycles. The smallest absolute Gasteiger partial charge is 0.278 e. The molecule has 12 heteroatoms. The summed E-state index contributed by atoms with van der Waals surface area (Å²) in [6, 6.07) is 9.41. The van der Waals surface area contributed by atoms with Crippen molar-refractivity contribution in [2.75, 3.05) is 64.9 Å². The van der Waals surface area contributed by atoms with Crippen LogP contribution < -0.4 is 24.8 Å². The maximum atomic E-state index is 13.5. The Morgan fingerprint density at radius 1 is 1.08 bits per heavy atom. The second-order valence-electron chi connectivity index (χ2n) is 9.02. The average Bonchev–Trinajstić information content (AvgIpc) is 3.19. The molecule has 11 nitrogen and oxygen atoms in total. The molecular weight excluding hydrogens is 568 g/mol. The van der Waals surface area contributed by atoms with Gasteiger partial charge in [-0.3, -0.25) is 14.6 Å². The molecule has 0 atom stereocenters. The van der Waals surface area contributed by atoms with E-state index in [2.05, 4.69) is 35.8 Å². The predicted molar refractivity (Wildman–Crippen MR) is 150 cm³/mol. The lowest BCUT2D eigenvalue weighted by Gasteiger charge is -2.30. The minimum atomic E-state index is -0.210. The first-order valence-electron chi connectivity index (χ1n) is 12.3. The van der Waals surface area contributed by atoms with Gasteiger partial charge in [0, 0.05) is 41.3 Å². The number of nitrogens with two attached hydrogens (primary N) is 1. The SMILES string of the molecule is COc1cc(Cc2cnc(/N=C3\C(=O)N(CN4CCOCC4)c4ccc(Br)cc43)nc2N)cc(OC)c1OC. The molecule has 0 unspecified atom stereocenters. The summed E-state index contributed by atoms with van der Waals surface area (Å²) in [6.07, 6.45) is 2.05. The summed E-state index contributed by atoms with van der Waals surface area (Å²) in [5, 5.41) is 0. The third-order valence-corrected chi connectivity index (χ3v) is 7.11. The first-order valence-corrected chi connectivity index (χ1v) is 13.1. The molecule has 1 fully saturated rings. The van der Waals surface area contributed by atoms with Gasteiger partial charge in [0.2, 0.25) is 5.75 Å². The number of anilines is 2. The van der Waals surface area contributed by atoms with Crippen LogP contribution in [0.15, 0.2) is 46.0 Å². The lowest BCUT2D eigenvalue weighted by atomic mass is 10.1. The number of nitrogen functional groups attached to an aromatic ring is 1. The van der Waals surface area contributed by atoms with Crippen LogP contribution in [-0.4, -0.2) is 80.8 Å². The highest BCUT2D eigenvalue weighted by Gasteiger charge is 2.35. The molecule has 1 amide bonds. The van der Waals surface area contributed by atoms with Gasteiger partial charge in [-0.1, -0.05) is 15.9 Å². The lowest BCUT2D eigenvalue weighted by molar-refractivity contribution is -0.112. The number of amides is 1. The second-order valence-corrected chi connectivity index (χ2v) is 9.93. The number of aromatic nitrogens is 2. The van der Waals surface area contributed by atoms with Gasteiger partial charge in [-0.05, 0) is 35.9 Å². The Bertz CT molecular complexity index is 1400. The van der Waals surface area contributed by atoms with E-state index < -0.39 is 0 Å². The minimum absolute atomic E-state index is 0.114. The van der Waals surface area contributed by atoms with Gasteiger partial charge in [-0.15, -0.1) is 0 Å². The fourth-order valence-corrected chi connectivity index (χ4v) is 5.00. The monoisotopic (exact) mass is 596 g/mol. The third kappa shape index (κ3) is 5.54. The number of benzene rings is 2. The number of hydrogen-bond acceptors (Lipinski definition) is 10. The molecule has 39 heavy (non-hydrogen) atoms. The van der Waals surface area contributed by atoms with E-state index in [-0.39, 0.29) is 23.4 Å². The number of carbonyl (C=O) groups excluding carboxylic acids is 1. The van der Waals surface area contributed by atoms with Crippen LogP contribution in [0.4, 0.5) is 17.5 Å². The van der Waals surface area contributed by atoms with Crippen molar-refractivity contribution in [3.05, 3.63) is 57.7 Å². The van der Waals surface area contributed by atoms with Crippen LogP contribution in [0.1, 0.15) is 16.7 Å². The number of hydrogen-bond donors (Lipinski definition) is 1. The van der Waals surface area contributed by atoms with Gasteiger partial charge >= 0.3 is 0 Å². The van der Waals surface area contributed by atoms with E-state index in [0.717, 1.165) is 28.8 Å². The van der Waals surface area contributed by atoms with E-state index in [0.29, 0.717) is 54.7 Å². The van der Waals surface area contributed by atoms with Crippen molar-refractivity contribution in [2.45, 2.75) is 6.42 Å². The van der Waals surface area contributed by atoms with Crippen LogP contribution in [0.3, 0.4) is 0 Å². The number of rotatable bonds is 8. The molecule has 2 aliphatic heterocycles. The molecule has 0 radical (unpaired) electrons. The van der Waals surface area contributed by atoms with E-state index in [1.54, 1.807) is 32.4 Å². The van der Waals surface area contributed by atoms with Crippen molar-refractivity contribution in [2.24, 2.45) is 4.99 Å². The normalized spacial score (nSPS) is 16.5. The van der Waals surface area contributed by atoms with Crippen molar-refractivity contribution in [1.29, 1.82) is 0 Å². The summed E-state index contributed by atoms with van der Waals surface area (Å²) in [5.41, 5.74) is 9.67. The Balaban J connectivity index is 1.42. The molecule has 2 aromatic carbocycles. The second kappa shape index (κ2) is 11.6. The fourth-order valence-electron chi connectivity index (χ4n) is 4.63. The quantitative estimate of drug-likeness (QED) is 0.417. The largest absolute Gasteiger partial charge is 0.493 e. The maximum Gasteiger partial charge on any atom is 0.278 e. The van der Waals surface area contributed by atoms with Crippen molar-refractivity contribution < 1.29 is 23.7 Å². The highest BCUT2D eigenvalue weighted by atomic mass is 79.9. The number of ether oxygens (including phenoxy) is 4. The molecule has 2 N–H and O–H groups in total. The third-order valence-electron chi connectivity index (χ3n) is 6.61. The van der Waals surface area contributed by atoms with Gasteiger partial charge in [0.25, 0.3) is 11.9 Å². The zero-order valence-electron chi connectivity index (χ0n) is 21.9. The number of nitrogens with zero attached hydrogens (tertiary/aromatic N) is 5. The topological polar surface area (TPSA) is 125 Å². The summed E-state index contributed by atoms with van der Waals surface area (Å²) < 4.78 is 22.6. The summed E-state index contributed by atoms with van der Waals surface area (Å²) in [4.78, 5) is 30.8. The molecule has 1 saturated heterocycles. The molecule has 2 aliphatic rings. The van der Waals surface area contributed by atoms with E-state index >= 15 is 0 Å². The molecule has 3 heterocycles. The van der Waals surface area contributed by atoms with E-state index in [1.165, 1.54) is 0 Å². The molecule has 204 valence electrons. The van der Waals surface area contributed by atoms with Crippen LogP contribution in [0, 0.1) is 0 Å². The highest BCUT2D eigenvalue weighted by Crippen LogP contribution is 2.39. The van der Waals surface area contributed by atoms with E-state index in [9.17, 15) is 4.79 Å². The van der Waals surface area contributed by atoms with Gasteiger partial charge in [0.1, 0.15) is 11.5 Å². The van der Waals surface area contributed by atoms with E-state index in [4.69, 9.17) is 24.7 Å². The Morgan fingerprint density at radius 2 is 1.79 bits per heavy atom. The highest BCUT2D eigenvalue weighted by molar-refractivity contribution is 9.10. The van der Waals surface area contributed by atoms with Crippen molar-refractivity contribution in [1.82, 2.24) is 14.9 Å². The zero-order valence-corrected chi connectivity index (χ0v) is 23.5. The van der Waals surface area contributed by atoms with Gasteiger partial charge in [0.15, 0.2) is 11.5 Å². The molecule has 0 saturated carbocycles. The minimum Gasteiger partial charge on any atom is -0.493 e. The van der Waals surface area contributed by atoms with Crippen molar-refractivity contribution in [3.63, 3.8) is 0 Å². The first-order chi connectivity index (χ1) is 18.9. The van der Waals surface area contributed by atoms with Crippen LogP contribution in [0.2, 0.25) is 0 Å². The Morgan fingerprint density at radius 3 is 2.44 bits per heavy atom. The molecular formula is C27H29BrN6O5. The van der Waals surface area contributed by atoms with Crippen LogP contribution >= 0.6 is 15.9 Å². The molecule has 0 bridgehead atoms. The van der Waals surface area contributed by atoms with Crippen LogP contribution in [-0.2, 0) is 16.0 Å². The zero-order chi connectivity index (χ0) is 27.5. The number of methoxy groups -OCH3 is 3.